The lowest BCUT2D eigenvalue weighted by atomic mass is 9.99. The van der Waals surface area contributed by atoms with Crippen molar-refractivity contribution in [3.05, 3.63) is 0 Å². The zero-order chi connectivity index (χ0) is 27.8. The number of hydrogen-bond acceptors (Lipinski definition) is 11. The minimum atomic E-state index is -1.14. The first-order valence-corrected chi connectivity index (χ1v) is 13.7. The number of hydrogen-bond donors (Lipinski definition) is 1. The normalized spacial score (nSPS) is 23.1. The predicted octanol–water partition coefficient (Wildman–Crippen LogP) is 3.40. The lowest BCUT2D eigenvalue weighted by Crippen LogP contribution is -2.61. The van der Waals surface area contributed by atoms with Gasteiger partial charge in [-0.1, -0.05) is 38.5 Å². The summed E-state index contributed by atoms with van der Waals surface area (Å²) in [7, 11) is 0. The van der Waals surface area contributed by atoms with E-state index in [0.29, 0.717) is 12.2 Å². The van der Waals surface area contributed by atoms with Crippen LogP contribution in [0.4, 0.5) is 0 Å². The summed E-state index contributed by atoms with van der Waals surface area (Å²) in [6, 6.07) is 0. The summed E-state index contributed by atoms with van der Waals surface area (Å²) in [5.74, 6) is -2.56. The molecule has 0 aliphatic carbocycles. The van der Waals surface area contributed by atoms with E-state index >= 15 is 0 Å². The lowest BCUT2D eigenvalue weighted by Gasteiger charge is -2.44. The highest BCUT2D eigenvalue weighted by atomic mass is 32.2. The van der Waals surface area contributed by atoms with E-state index in [9.17, 15) is 24.0 Å². The minimum absolute atomic E-state index is 0.219. The van der Waals surface area contributed by atoms with Gasteiger partial charge >= 0.3 is 29.8 Å². The van der Waals surface area contributed by atoms with Crippen LogP contribution in [-0.2, 0) is 47.7 Å². The second kappa shape index (κ2) is 18.0. The molecule has 1 aliphatic heterocycles. The molecule has 212 valence electrons. The number of unbranched alkanes of at least 4 members (excludes halogenated alkanes) is 7. The quantitative estimate of drug-likeness (QED) is 0.161. The van der Waals surface area contributed by atoms with E-state index in [1.165, 1.54) is 39.5 Å². The van der Waals surface area contributed by atoms with Gasteiger partial charge in [-0.2, -0.15) is 0 Å². The Bertz CT molecular complexity index is 757. The molecule has 1 aliphatic rings. The molecule has 0 saturated carbocycles. The van der Waals surface area contributed by atoms with Gasteiger partial charge in [0.2, 0.25) is 0 Å². The average molecular weight is 549 g/mol. The van der Waals surface area contributed by atoms with Crippen LogP contribution in [0.2, 0.25) is 0 Å². The van der Waals surface area contributed by atoms with Gasteiger partial charge in [-0.15, -0.1) is 11.8 Å². The number of carbonyl (C=O) groups excluding carboxylic acids is 4. The maximum absolute atomic E-state index is 11.9. The van der Waals surface area contributed by atoms with Gasteiger partial charge in [0.1, 0.15) is 18.1 Å². The Morgan fingerprint density at radius 1 is 0.676 bits per heavy atom. The number of thioether (sulfide) groups is 1. The molecule has 5 atom stereocenters. The second-order valence-corrected chi connectivity index (χ2v) is 10.1. The van der Waals surface area contributed by atoms with Crippen LogP contribution >= 0.6 is 11.8 Å². The van der Waals surface area contributed by atoms with E-state index in [4.69, 9.17) is 28.8 Å². The molecule has 0 aromatic heterocycles. The lowest BCUT2D eigenvalue weighted by molar-refractivity contribution is -0.237. The van der Waals surface area contributed by atoms with Gasteiger partial charge in [0, 0.05) is 34.1 Å². The molecule has 0 aromatic carbocycles. The molecule has 0 radical (unpaired) electrons. The third-order valence-corrected chi connectivity index (χ3v) is 6.75. The van der Waals surface area contributed by atoms with Crippen LogP contribution in [-0.4, -0.2) is 77.2 Å². The van der Waals surface area contributed by atoms with E-state index in [1.54, 1.807) is 0 Å². The summed E-state index contributed by atoms with van der Waals surface area (Å²) < 4.78 is 27.4. The first-order valence-electron chi connectivity index (χ1n) is 12.6. The molecule has 0 amide bonds. The summed E-state index contributed by atoms with van der Waals surface area (Å²) in [6.45, 7) is 4.60. The molecule has 1 rings (SSSR count). The molecule has 1 N–H and O–H groups in total. The molecule has 0 bridgehead atoms. The molecule has 11 nitrogen and oxygen atoms in total. The Morgan fingerprint density at radius 3 is 1.68 bits per heavy atom. The van der Waals surface area contributed by atoms with Crippen LogP contribution in [0.1, 0.15) is 85.5 Å². The van der Waals surface area contributed by atoms with E-state index in [1.807, 2.05) is 0 Å². The van der Waals surface area contributed by atoms with E-state index in [0.717, 1.165) is 44.9 Å². The van der Waals surface area contributed by atoms with Crippen molar-refractivity contribution >= 4 is 41.6 Å². The van der Waals surface area contributed by atoms with Crippen molar-refractivity contribution in [2.24, 2.45) is 0 Å². The van der Waals surface area contributed by atoms with Crippen molar-refractivity contribution in [3.8, 4) is 0 Å². The van der Waals surface area contributed by atoms with Crippen molar-refractivity contribution < 1.29 is 52.8 Å². The predicted molar refractivity (Wildman–Crippen MR) is 134 cm³/mol. The Hall–Kier alpha value is -2.34. The van der Waals surface area contributed by atoms with Crippen molar-refractivity contribution in [1.82, 2.24) is 0 Å². The van der Waals surface area contributed by atoms with E-state index in [-0.39, 0.29) is 13.0 Å². The Labute approximate surface area is 222 Å². The summed E-state index contributed by atoms with van der Waals surface area (Å²) in [5.41, 5.74) is -0.741. The topological polar surface area (TPSA) is 152 Å². The fraction of sp³-hybridized carbons (Fsp3) is 0.800. The van der Waals surface area contributed by atoms with Crippen molar-refractivity contribution in [2.75, 3.05) is 12.4 Å². The Kier molecular flexibility index (Phi) is 15.9. The van der Waals surface area contributed by atoms with Crippen LogP contribution in [0.15, 0.2) is 0 Å². The number of rotatable bonds is 17. The van der Waals surface area contributed by atoms with Crippen LogP contribution < -0.4 is 0 Å². The average Bonchev–Trinajstić information content (AvgIpc) is 2.78. The van der Waals surface area contributed by atoms with Crippen LogP contribution in [0.5, 0.6) is 0 Å². The summed E-state index contributed by atoms with van der Waals surface area (Å²) in [4.78, 5) is 57.4. The van der Waals surface area contributed by atoms with Gasteiger partial charge in [-0.3, -0.25) is 24.0 Å². The van der Waals surface area contributed by atoms with Crippen molar-refractivity contribution in [2.45, 2.75) is 115 Å². The minimum Gasteiger partial charge on any atom is -0.481 e. The van der Waals surface area contributed by atoms with Gasteiger partial charge in [0.15, 0.2) is 18.3 Å². The van der Waals surface area contributed by atoms with Gasteiger partial charge in [-0.05, 0) is 18.6 Å². The number of aliphatic carboxylic acids is 1. The standard InChI is InChI=1S/C25H40O11S/c1-16(26)32-15-20-22(33-17(2)27)23(34-18(3)28)24(35-19(4)29)25(36-20)37-14-12-10-8-6-5-7-9-11-13-21(30)31/h20,22-25H,5-15H2,1-4H3,(H,30,31)/t20-,22-,23+,24-,25+/m1/s1. The zero-order valence-corrected chi connectivity index (χ0v) is 22.9. The zero-order valence-electron chi connectivity index (χ0n) is 22.1. The fourth-order valence-electron chi connectivity index (χ4n) is 3.96. The largest absolute Gasteiger partial charge is 0.481 e. The third kappa shape index (κ3) is 14.2. The molecule has 0 aromatic rings. The second-order valence-electron chi connectivity index (χ2n) is 8.91. The number of esters is 4. The Morgan fingerprint density at radius 2 is 1.16 bits per heavy atom. The highest BCUT2D eigenvalue weighted by Crippen LogP contribution is 2.34. The molecule has 0 unspecified atom stereocenters. The molecule has 0 spiro atoms. The highest BCUT2D eigenvalue weighted by Gasteiger charge is 2.52. The summed E-state index contributed by atoms with van der Waals surface area (Å²) >= 11 is 1.39. The first kappa shape index (κ1) is 32.7. The summed E-state index contributed by atoms with van der Waals surface area (Å²) in [5, 5.41) is 8.66. The molecule has 37 heavy (non-hydrogen) atoms. The molecule has 1 fully saturated rings. The van der Waals surface area contributed by atoms with Gasteiger partial charge in [0.25, 0.3) is 0 Å². The van der Waals surface area contributed by atoms with Crippen LogP contribution in [0.3, 0.4) is 0 Å². The van der Waals surface area contributed by atoms with E-state index in [2.05, 4.69) is 0 Å². The SMILES string of the molecule is CC(=O)OC[C@H]1O[C@@H](SCCCCCCCCCCC(=O)O)[C@H](OC(C)=O)[C@@H](OC(C)=O)[C@@H]1OC(C)=O. The van der Waals surface area contributed by atoms with E-state index < -0.39 is 59.7 Å². The number of carbonyl (C=O) groups is 5. The Balaban J connectivity index is 2.73. The first-order chi connectivity index (χ1) is 17.5. The monoisotopic (exact) mass is 548 g/mol. The van der Waals surface area contributed by atoms with Gasteiger partial charge in [-0.25, -0.2) is 0 Å². The van der Waals surface area contributed by atoms with Crippen molar-refractivity contribution in [1.29, 1.82) is 0 Å². The molecular weight excluding hydrogens is 508 g/mol. The molecule has 1 heterocycles. The van der Waals surface area contributed by atoms with Gasteiger partial charge in [0.05, 0.1) is 0 Å². The molecule has 12 heteroatoms. The van der Waals surface area contributed by atoms with Gasteiger partial charge < -0.3 is 28.8 Å². The molecule has 1 saturated heterocycles. The summed E-state index contributed by atoms with van der Waals surface area (Å²) in [6.07, 6.45) is 3.65. The van der Waals surface area contributed by atoms with Crippen LogP contribution in [0, 0.1) is 0 Å². The number of carboxylic acids is 1. The molecular formula is C25H40O11S. The van der Waals surface area contributed by atoms with Crippen molar-refractivity contribution in [3.63, 3.8) is 0 Å². The fourth-order valence-corrected chi connectivity index (χ4v) is 5.19. The smallest absolute Gasteiger partial charge is 0.303 e. The third-order valence-electron chi connectivity index (χ3n) is 5.52. The number of ether oxygens (including phenoxy) is 5. The maximum Gasteiger partial charge on any atom is 0.303 e. The maximum atomic E-state index is 11.9. The highest BCUT2D eigenvalue weighted by molar-refractivity contribution is 7.99. The van der Waals surface area contributed by atoms with Crippen LogP contribution in [0.25, 0.3) is 0 Å². The number of carboxylic acid groups (broad SMARTS) is 1.